The minimum Gasteiger partial charge on any atom is -0.350 e. The van der Waals surface area contributed by atoms with Gasteiger partial charge in [-0.05, 0) is 25.6 Å². The average molecular weight is 152 g/mol. The summed E-state index contributed by atoms with van der Waals surface area (Å²) in [6.07, 6.45) is 3.33. The molecular weight excluding hydrogens is 136 g/mol. The van der Waals surface area contributed by atoms with Crippen molar-refractivity contribution in [1.29, 1.82) is 0 Å². The molecule has 0 atom stereocenters. The third-order valence-electron chi connectivity index (χ3n) is 1.75. The summed E-state index contributed by atoms with van der Waals surface area (Å²) in [5.74, 6) is 0. The molecule has 0 aliphatic carbocycles. The van der Waals surface area contributed by atoms with E-state index in [1.165, 1.54) is 12.1 Å². The molecule has 0 aromatic carbocycles. The second-order valence-electron chi connectivity index (χ2n) is 2.72. The Morgan fingerprint density at radius 1 is 1.55 bits per heavy atom. The Hall–Kier alpha value is -0.760. The van der Waals surface area contributed by atoms with Gasteiger partial charge in [-0.1, -0.05) is 6.92 Å². The zero-order chi connectivity index (χ0) is 8.10. The van der Waals surface area contributed by atoms with E-state index >= 15 is 0 Å². The van der Waals surface area contributed by atoms with Gasteiger partial charge >= 0.3 is 0 Å². The average Bonchev–Trinajstić information content (AvgIpc) is 2.39. The molecule has 1 aromatic rings. The number of aromatic nitrogens is 1. The molecule has 1 rings (SSSR count). The lowest BCUT2D eigenvalue weighted by atomic mass is 10.4. The van der Waals surface area contributed by atoms with Crippen LogP contribution in [0, 0.1) is 0 Å². The second kappa shape index (κ2) is 4.19. The van der Waals surface area contributed by atoms with Crippen molar-refractivity contribution in [3.05, 3.63) is 24.0 Å². The molecule has 0 amide bonds. The molecule has 62 valence electrons. The van der Waals surface area contributed by atoms with Crippen molar-refractivity contribution in [2.24, 2.45) is 0 Å². The molecule has 1 heterocycles. The van der Waals surface area contributed by atoms with Gasteiger partial charge in [-0.15, -0.1) is 0 Å². The Balaban J connectivity index is 2.62. The number of nitrogens with zero attached hydrogens (tertiary/aromatic N) is 1. The first-order valence-corrected chi connectivity index (χ1v) is 4.17. The molecule has 1 aromatic heterocycles. The molecule has 2 nitrogen and oxygen atoms in total. The Morgan fingerprint density at radius 3 is 3.00 bits per heavy atom. The molecular formula is C9H16N2. The van der Waals surface area contributed by atoms with Crippen LogP contribution in [-0.2, 0) is 13.1 Å². The van der Waals surface area contributed by atoms with Crippen LogP contribution in [0.4, 0.5) is 0 Å². The largest absolute Gasteiger partial charge is 0.350 e. The number of hydrogen-bond acceptors (Lipinski definition) is 1. The molecule has 0 spiro atoms. The highest BCUT2D eigenvalue weighted by molar-refractivity contribution is 5.06. The van der Waals surface area contributed by atoms with Gasteiger partial charge in [0.1, 0.15) is 0 Å². The van der Waals surface area contributed by atoms with E-state index in [0.717, 1.165) is 13.1 Å². The van der Waals surface area contributed by atoms with Crippen molar-refractivity contribution in [3.63, 3.8) is 0 Å². The predicted octanol–water partition coefficient (Wildman–Crippen LogP) is 1.62. The van der Waals surface area contributed by atoms with Gasteiger partial charge in [0.15, 0.2) is 0 Å². The summed E-state index contributed by atoms with van der Waals surface area (Å²) in [6, 6.07) is 4.26. The Labute approximate surface area is 68.2 Å². The van der Waals surface area contributed by atoms with Gasteiger partial charge < -0.3 is 9.88 Å². The number of hydrogen-bond donors (Lipinski definition) is 1. The van der Waals surface area contributed by atoms with Gasteiger partial charge in [-0.25, -0.2) is 0 Å². The van der Waals surface area contributed by atoms with Crippen molar-refractivity contribution < 1.29 is 0 Å². The summed E-state index contributed by atoms with van der Waals surface area (Å²) in [5, 5.41) is 3.15. The molecule has 2 heteroatoms. The van der Waals surface area contributed by atoms with Gasteiger partial charge in [0.25, 0.3) is 0 Å². The van der Waals surface area contributed by atoms with Crippen molar-refractivity contribution >= 4 is 0 Å². The maximum absolute atomic E-state index is 3.15. The summed E-state index contributed by atoms with van der Waals surface area (Å²) in [5.41, 5.74) is 1.37. The lowest BCUT2D eigenvalue weighted by Gasteiger charge is -2.06. The van der Waals surface area contributed by atoms with Crippen LogP contribution in [0.25, 0.3) is 0 Å². The quantitative estimate of drug-likeness (QED) is 0.693. The summed E-state index contributed by atoms with van der Waals surface area (Å²) in [6.45, 7) is 4.29. The van der Waals surface area contributed by atoms with Crippen molar-refractivity contribution in [2.75, 3.05) is 7.05 Å². The standard InChI is InChI=1S/C9H16N2/c1-3-6-11-7-4-5-9(11)8-10-2/h4-5,7,10H,3,6,8H2,1-2H3. The second-order valence-corrected chi connectivity index (χ2v) is 2.72. The number of nitrogens with one attached hydrogen (secondary N) is 1. The highest BCUT2D eigenvalue weighted by Gasteiger charge is 1.96. The molecule has 11 heavy (non-hydrogen) atoms. The number of aryl methyl sites for hydroxylation is 1. The Kier molecular flexibility index (Phi) is 3.17. The highest BCUT2D eigenvalue weighted by Crippen LogP contribution is 2.02. The summed E-state index contributed by atoms with van der Waals surface area (Å²) in [4.78, 5) is 0. The third kappa shape index (κ3) is 2.09. The van der Waals surface area contributed by atoms with E-state index in [1.54, 1.807) is 0 Å². The van der Waals surface area contributed by atoms with Crippen LogP contribution in [-0.4, -0.2) is 11.6 Å². The fourth-order valence-electron chi connectivity index (χ4n) is 1.25. The summed E-state index contributed by atoms with van der Waals surface area (Å²) in [7, 11) is 1.98. The van der Waals surface area contributed by atoms with Crippen LogP contribution < -0.4 is 5.32 Å². The zero-order valence-electron chi connectivity index (χ0n) is 7.30. The first-order valence-electron chi connectivity index (χ1n) is 4.17. The van der Waals surface area contributed by atoms with E-state index in [9.17, 15) is 0 Å². The smallest absolute Gasteiger partial charge is 0.0356 e. The minimum atomic E-state index is 0.965. The maximum atomic E-state index is 3.15. The van der Waals surface area contributed by atoms with E-state index in [0.29, 0.717) is 0 Å². The van der Waals surface area contributed by atoms with E-state index in [-0.39, 0.29) is 0 Å². The molecule has 0 aliphatic rings. The molecule has 0 radical (unpaired) electrons. The van der Waals surface area contributed by atoms with Crippen LogP contribution in [0.5, 0.6) is 0 Å². The molecule has 0 saturated heterocycles. The van der Waals surface area contributed by atoms with Crippen molar-refractivity contribution in [3.8, 4) is 0 Å². The Bertz CT molecular complexity index is 183. The molecule has 0 saturated carbocycles. The van der Waals surface area contributed by atoms with E-state index < -0.39 is 0 Å². The maximum Gasteiger partial charge on any atom is 0.0356 e. The topological polar surface area (TPSA) is 17.0 Å². The fraction of sp³-hybridized carbons (Fsp3) is 0.556. The van der Waals surface area contributed by atoms with Gasteiger partial charge in [0, 0.05) is 25.0 Å². The van der Waals surface area contributed by atoms with E-state index in [1.807, 2.05) is 7.05 Å². The zero-order valence-corrected chi connectivity index (χ0v) is 7.30. The highest BCUT2D eigenvalue weighted by atomic mass is 15.0. The van der Waals surface area contributed by atoms with E-state index in [2.05, 4.69) is 35.1 Å². The summed E-state index contributed by atoms with van der Waals surface area (Å²) < 4.78 is 2.29. The van der Waals surface area contributed by atoms with E-state index in [4.69, 9.17) is 0 Å². The van der Waals surface area contributed by atoms with Crippen LogP contribution in [0.3, 0.4) is 0 Å². The monoisotopic (exact) mass is 152 g/mol. The number of rotatable bonds is 4. The molecule has 0 unspecified atom stereocenters. The van der Waals surface area contributed by atoms with Gasteiger partial charge in [-0.3, -0.25) is 0 Å². The van der Waals surface area contributed by atoms with Gasteiger partial charge in [-0.2, -0.15) is 0 Å². The first-order chi connectivity index (χ1) is 5.38. The molecule has 1 N–H and O–H groups in total. The third-order valence-corrected chi connectivity index (χ3v) is 1.75. The lowest BCUT2D eigenvalue weighted by Crippen LogP contribution is -2.10. The van der Waals surface area contributed by atoms with Crippen molar-refractivity contribution in [2.45, 2.75) is 26.4 Å². The van der Waals surface area contributed by atoms with Crippen LogP contribution >= 0.6 is 0 Å². The molecule has 0 fully saturated rings. The molecule has 0 aliphatic heterocycles. The van der Waals surface area contributed by atoms with Crippen LogP contribution in [0.2, 0.25) is 0 Å². The van der Waals surface area contributed by atoms with Crippen molar-refractivity contribution in [1.82, 2.24) is 9.88 Å². The lowest BCUT2D eigenvalue weighted by molar-refractivity contribution is 0.628. The summed E-state index contributed by atoms with van der Waals surface area (Å²) >= 11 is 0. The normalized spacial score (nSPS) is 10.4. The minimum absolute atomic E-state index is 0.965. The predicted molar refractivity (Wildman–Crippen MR) is 47.5 cm³/mol. The van der Waals surface area contributed by atoms with Gasteiger partial charge in [0.05, 0.1) is 0 Å². The Morgan fingerprint density at radius 2 is 2.36 bits per heavy atom. The molecule has 0 bridgehead atoms. The van der Waals surface area contributed by atoms with Crippen LogP contribution in [0.1, 0.15) is 19.0 Å². The first kappa shape index (κ1) is 8.34. The van der Waals surface area contributed by atoms with Crippen LogP contribution in [0.15, 0.2) is 18.3 Å². The SMILES string of the molecule is CCCn1cccc1CNC. The fourth-order valence-corrected chi connectivity index (χ4v) is 1.25. The van der Waals surface area contributed by atoms with Gasteiger partial charge in [0.2, 0.25) is 0 Å².